The highest BCUT2D eigenvalue weighted by molar-refractivity contribution is 5.89. The van der Waals surface area contributed by atoms with Gasteiger partial charge in [0, 0.05) is 6.42 Å². The highest BCUT2D eigenvalue weighted by Gasteiger charge is 2.07. The quantitative estimate of drug-likeness (QED) is 0.436. The summed E-state index contributed by atoms with van der Waals surface area (Å²) in [7, 11) is 0. The average Bonchev–Trinajstić information content (AvgIpc) is 2.67. The van der Waals surface area contributed by atoms with E-state index in [1.54, 1.807) is 57.2 Å². The van der Waals surface area contributed by atoms with E-state index in [0.29, 0.717) is 23.4 Å². The molecule has 7 nitrogen and oxygen atoms in total. The normalized spacial score (nSPS) is 10.8. The van der Waals surface area contributed by atoms with E-state index >= 15 is 0 Å². The van der Waals surface area contributed by atoms with Crippen LogP contribution >= 0.6 is 0 Å². The van der Waals surface area contributed by atoms with Gasteiger partial charge in [0.15, 0.2) is 0 Å². The second-order valence-electron chi connectivity index (χ2n) is 6.01. The van der Waals surface area contributed by atoms with Crippen LogP contribution in [0, 0.1) is 13.8 Å². The first kappa shape index (κ1) is 20.1. The number of nitrogens with one attached hydrogen (secondary N) is 1. The molecular weight excluding hydrogens is 346 g/mol. The van der Waals surface area contributed by atoms with Crippen LogP contribution in [0.2, 0.25) is 0 Å². The third-order valence-electron chi connectivity index (χ3n) is 3.84. The summed E-state index contributed by atoms with van der Waals surface area (Å²) < 4.78 is 5.10. The number of azo groups is 1. The van der Waals surface area contributed by atoms with E-state index in [9.17, 15) is 14.7 Å². The van der Waals surface area contributed by atoms with Crippen LogP contribution in [0.5, 0.6) is 5.75 Å². The van der Waals surface area contributed by atoms with Gasteiger partial charge < -0.3 is 15.2 Å². The maximum Gasteiger partial charge on any atom is 0.338 e. The molecule has 0 aliphatic heterocycles. The van der Waals surface area contributed by atoms with Crippen molar-refractivity contribution < 1.29 is 19.4 Å². The van der Waals surface area contributed by atoms with E-state index in [1.807, 2.05) is 0 Å². The van der Waals surface area contributed by atoms with Crippen LogP contribution in [-0.4, -0.2) is 30.1 Å². The van der Waals surface area contributed by atoms with Crippen LogP contribution in [0.1, 0.15) is 34.8 Å². The van der Waals surface area contributed by atoms with Gasteiger partial charge >= 0.3 is 5.97 Å². The number of ether oxygens (including phenoxy) is 1. The second kappa shape index (κ2) is 9.47. The number of carbonyl (C=O) groups is 2. The monoisotopic (exact) mass is 369 g/mol. The largest absolute Gasteiger partial charge is 0.507 e. The molecule has 2 aromatic carbocycles. The van der Waals surface area contributed by atoms with Gasteiger partial charge in [0.1, 0.15) is 12.4 Å². The summed E-state index contributed by atoms with van der Waals surface area (Å²) in [5.41, 5.74) is 3.09. The molecule has 0 unspecified atom stereocenters. The van der Waals surface area contributed by atoms with E-state index in [2.05, 4.69) is 15.5 Å². The molecule has 0 saturated carbocycles. The lowest BCUT2D eigenvalue weighted by molar-refractivity contribution is -0.120. The number of aromatic hydroxyl groups is 1. The van der Waals surface area contributed by atoms with Crippen LogP contribution in [-0.2, 0) is 9.53 Å². The molecule has 0 radical (unpaired) electrons. The highest BCUT2D eigenvalue weighted by atomic mass is 16.5. The van der Waals surface area contributed by atoms with Gasteiger partial charge in [-0.3, -0.25) is 4.79 Å². The first-order chi connectivity index (χ1) is 12.9. The molecule has 2 aromatic rings. The second-order valence-corrected chi connectivity index (χ2v) is 6.01. The van der Waals surface area contributed by atoms with Gasteiger partial charge in [-0.15, -0.1) is 0 Å². The fourth-order valence-electron chi connectivity index (χ4n) is 2.31. The smallest absolute Gasteiger partial charge is 0.338 e. The number of benzene rings is 2. The van der Waals surface area contributed by atoms with Crippen molar-refractivity contribution in [1.29, 1.82) is 0 Å². The zero-order valence-electron chi connectivity index (χ0n) is 15.7. The predicted molar refractivity (Wildman–Crippen MR) is 102 cm³/mol. The minimum Gasteiger partial charge on any atom is -0.507 e. The van der Waals surface area contributed by atoms with Crippen molar-refractivity contribution >= 4 is 23.3 Å². The molecule has 0 heterocycles. The van der Waals surface area contributed by atoms with E-state index in [4.69, 9.17) is 4.74 Å². The number of nitrogens with zero attached hydrogens (tertiary/aromatic N) is 2. The summed E-state index contributed by atoms with van der Waals surface area (Å²) in [5.74, 6) is -0.292. The van der Waals surface area contributed by atoms with Crippen molar-refractivity contribution in [3.05, 3.63) is 53.1 Å². The van der Waals surface area contributed by atoms with Gasteiger partial charge in [0.2, 0.25) is 5.91 Å². The summed E-state index contributed by atoms with van der Waals surface area (Å²) in [4.78, 5) is 23.0. The molecule has 1 amide bonds. The molecule has 0 aliphatic carbocycles. The number of rotatable bonds is 7. The van der Waals surface area contributed by atoms with Crippen LogP contribution in [0.4, 0.5) is 11.4 Å². The van der Waals surface area contributed by atoms with E-state index < -0.39 is 5.97 Å². The zero-order valence-corrected chi connectivity index (χ0v) is 15.7. The number of carbonyl (C=O) groups excluding carboxylic acids is 2. The van der Waals surface area contributed by atoms with Crippen LogP contribution in [0.3, 0.4) is 0 Å². The van der Waals surface area contributed by atoms with Gasteiger partial charge in [0.05, 0.1) is 23.5 Å². The Bertz CT molecular complexity index is 822. The number of hydrogen-bond acceptors (Lipinski definition) is 6. The van der Waals surface area contributed by atoms with Crippen molar-refractivity contribution in [3.8, 4) is 5.75 Å². The number of esters is 1. The molecule has 0 atom stereocenters. The molecule has 0 aliphatic rings. The number of amides is 1. The lowest BCUT2D eigenvalue weighted by atomic mass is 10.1. The Morgan fingerprint density at radius 1 is 1.04 bits per heavy atom. The molecule has 142 valence electrons. The Morgan fingerprint density at radius 2 is 1.63 bits per heavy atom. The Labute approximate surface area is 158 Å². The fraction of sp³-hybridized carbons (Fsp3) is 0.300. The number of aryl methyl sites for hydroxylation is 2. The molecule has 2 N–H and O–H groups in total. The van der Waals surface area contributed by atoms with Crippen molar-refractivity contribution in [2.24, 2.45) is 10.2 Å². The number of phenols is 1. The fourth-order valence-corrected chi connectivity index (χ4v) is 2.31. The zero-order chi connectivity index (χ0) is 19.8. The van der Waals surface area contributed by atoms with Crippen molar-refractivity contribution in [2.45, 2.75) is 27.2 Å². The Hall–Kier alpha value is -3.22. The van der Waals surface area contributed by atoms with E-state index in [0.717, 1.165) is 11.1 Å². The van der Waals surface area contributed by atoms with Gasteiger partial charge in [-0.25, -0.2) is 4.79 Å². The minimum absolute atomic E-state index is 0.0835. The molecule has 0 spiro atoms. The van der Waals surface area contributed by atoms with Crippen LogP contribution < -0.4 is 5.32 Å². The van der Waals surface area contributed by atoms with Crippen molar-refractivity contribution in [1.82, 2.24) is 5.32 Å². The van der Waals surface area contributed by atoms with Crippen LogP contribution in [0.15, 0.2) is 46.6 Å². The molecule has 0 aromatic heterocycles. The van der Waals surface area contributed by atoms with Gasteiger partial charge in [-0.1, -0.05) is 6.92 Å². The number of phenolic OH excluding ortho intramolecular Hbond substituents is 1. The molecule has 0 fully saturated rings. The van der Waals surface area contributed by atoms with E-state index in [-0.39, 0.29) is 24.8 Å². The summed E-state index contributed by atoms with van der Waals surface area (Å²) in [5, 5.41) is 20.7. The molecular formula is C20H23N3O4. The molecule has 0 bridgehead atoms. The van der Waals surface area contributed by atoms with Gasteiger partial charge in [-0.2, -0.15) is 10.2 Å². The molecule has 7 heteroatoms. The Morgan fingerprint density at radius 3 is 2.22 bits per heavy atom. The summed E-state index contributed by atoms with van der Waals surface area (Å²) >= 11 is 0. The lowest BCUT2D eigenvalue weighted by Crippen LogP contribution is -2.27. The topological polar surface area (TPSA) is 100 Å². The van der Waals surface area contributed by atoms with Crippen molar-refractivity contribution in [2.75, 3.05) is 13.2 Å². The molecule has 2 rings (SSSR count). The lowest BCUT2D eigenvalue weighted by Gasteiger charge is -2.06. The standard InChI is InChI=1S/C20H23N3O4/c1-4-18(24)21-9-10-27-20(26)15-5-7-16(8-6-15)22-23-17-11-13(2)19(25)14(3)12-17/h5-8,11-12,25H,4,9-10H2,1-3H3,(H,21,24). The third kappa shape index (κ3) is 5.91. The van der Waals surface area contributed by atoms with Gasteiger partial charge in [0.25, 0.3) is 0 Å². The molecule has 27 heavy (non-hydrogen) atoms. The summed E-state index contributed by atoms with van der Waals surface area (Å²) in [6.07, 6.45) is 0.396. The highest BCUT2D eigenvalue weighted by Crippen LogP contribution is 2.28. The first-order valence-corrected chi connectivity index (χ1v) is 8.66. The Kier molecular flexibility index (Phi) is 7.05. The van der Waals surface area contributed by atoms with Crippen molar-refractivity contribution in [3.63, 3.8) is 0 Å². The first-order valence-electron chi connectivity index (χ1n) is 8.66. The van der Waals surface area contributed by atoms with Gasteiger partial charge in [-0.05, 0) is 61.4 Å². The molecule has 0 saturated heterocycles. The SMILES string of the molecule is CCC(=O)NCCOC(=O)c1ccc(N=Nc2cc(C)c(O)c(C)c2)cc1. The Balaban J connectivity index is 1.92. The van der Waals surface area contributed by atoms with E-state index in [1.165, 1.54) is 0 Å². The minimum atomic E-state index is -0.464. The number of hydrogen-bond donors (Lipinski definition) is 2. The average molecular weight is 369 g/mol. The van der Waals surface area contributed by atoms with Crippen LogP contribution in [0.25, 0.3) is 0 Å². The predicted octanol–water partition coefficient (Wildman–Crippen LogP) is 4.11. The summed E-state index contributed by atoms with van der Waals surface area (Å²) in [6.45, 7) is 5.76. The summed E-state index contributed by atoms with van der Waals surface area (Å²) in [6, 6.07) is 10.0. The maximum absolute atomic E-state index is 11.9. The maximum atomic E-state index is 11.9. The third-order valence-corrected chi connectivity index (χ3v) is 3.84.